The SMILES string of the molecule is CCCCOC1[C@H](O)C(COCc2ccc(OC)cc2)O[C@@H](CC(C)(C)[Si](C)(C)O)[C@H]1N=[N+]=[N-]. The van der Waals surface area contributed by atoms with Crippen molar-refractivity contribution in [3.8, 4) is 5.75 Å². The smallest absolute Gasteiger partial charge is 0.188 e. The summed E-state index contributed by atoms with van der Waals surface area (Å²) in [6.45, 7) is 10.8. The lowest BCUT2D eigenvalue weighted by Gasteiger charge is -2.47. The molecule has 1 aromatic carbocycles. The Labute approximate surface area is 204 Å². The fourth-order valence-corrected chi connectivity index (χ4v) is 4.55. The Hall–Kier alpha value is -1.65. The predicted molar refractivity (Wildman–Crippen MR) is 133 cm³/mol. The van der Waals surface area contributed by atoms with Gasteiger partial charge in [-0.1, -0.05) is 44.4 Å². The molecule has 1 aliphatic rings. The summed E-state index contributed by atoms with van der Waals surface area (Å²) in [6.07, 6.45) is -0.647. The second-order valence-corrected chi connectivity index (χ2v) is 14.6. The third-order valence-corrected chi connectivity index (χ3v) is 10.4. The number of hydrogen-bond donors (Lipinski definition) is 2. The van der Waals surface area contributed by atoms with Gasteiger partial charge < -0.3 is 28.8 Å². The highest BCUT2D eigenvalue weighted by molar-refractivity contribution is 6.72. The minimum absolute atomic E-state index is 0.153. The number of methoxy groups -OCH3 is 1. The quantitative estimate of drug-likeness (QED) is 0.136. The van der Waals surface area contributed by atoms with Gasteiger partial charge in [-0.3, -0.25) is 0 Å². The number of azide groups is 1. The first-order valence-corrected chi connectivity index (χ1v) is 14.9. The predicted octanol–water partition coefficient (Wildman–Crippen LogP) is 4.57. The molecule has 0 amide bonds. The van der Waals surface area contributed by atoms with Crippen molar-refractivity contribution in [2.75, 3.05) is 20.3 Å². The van der Waals surface area contributed by atoms with E-state index in [-0.39, 0.29) is 6.61 Å². The summed E-state index contributed by atoms with van der Waals surface area (Å²) < 4.78 is 23.4. The molecular weight excluding hydrogens is 454 g/mol. The first kappa shape index (κ1) is 28.6. The molecule has 0 spiro atoms. The van der Waals surface area contributed by atoms with E-state index in [2.05, 4.69) is 16.9 Å². The lowest BCUT2D eigenvalue weighted by molar-refractivity contribution is -0.210. The van der Waals surface area contributed by atoms with E-state index in [1.165, 1.54) is 0 Å². The van der Waals surface area contributed by atoms with Crippen molar-refractivity contribution in [2.45, 2.75) is 95.2 Å². The number of aliphatic hydroxyl groups is 1. The highest BCUT2D eigenvalue weighted by Crippen LogP contribution is 2.43. The van der Waals surface area contributed by atoms with E-state index < -0.39 is 43.8 Å². The Morgan fingerprint density at radius 3 is 2.44 bits per heavy atom. The maximum absolute atomic E-state index is 11.1. The molecule has 0 aliphatic carbocycles. The highest BCUT2D eigenvalue weighted by Gasteiger charge is 2.49. The molecule has 5 atom stereocenters. The molecule has 9 nitrogen and oxygen atoms in total. The number of hydrogen-bond acceptors (Lipinski definition) is 7. The number of benzene rings is 1. The van der Waals surface area contributed by atoms with Crippen LogP contribution in [-0.4, -0.2) is 69.0 Å². The molecule has 0 aromatic heterocycles. The van der Waals surface area contributed by atoms with Crippen molar-refractivity contribution >= 4 is 8.32 Å². The second-order valence-electron chi connectivity index (χ2n) is 10.1. The van der Waals surface area contributed by atoms with Gasteiger partial charge in [-0.2, -0.15) is 0 Å². The summed E-state index contributed by atoms with van der Waals surface area (Å²) in [6, 6.07) is 6.87. The van der Waals surface area contributed by atoms with E-state index in [9.17, 15) is 15.4 Å². The molecule has 2 rings (SSSR count). The van der Waals surface area contributed by atoms with Gasteiger partial charge in [0.1, 0.15) is 18.0 Å². The van der Waals surface area contributed by atoms with E-state index in [0.29, 0.717) is 19.6 Å². The van der Waals surface area contributed by atoms with Crippen LogP contribution in [0.25, 0.3) is 10.4 Å². The minimum atomic E-state index is -2.55. The third kappa shape index (κ3) is 7.68. The Bertz CT molecular complexity index is 795. The second kappa shape index (κ2) is 12.9. The average molecular weight is 496 g/mol. The molecule has 1 aliphatic heterocycles. The van der Waals surface area contributed by atoms with Crippen molar-refractivity contribution < 1.29 is 28.8 Å². The average Bonchev–Trinajstić information content (AvgIpc) is 2.78. The summed E-state index contributed by atoms with van der Waals surface area (Å²) in [5, 5.41) is 14.7. The van der Waals surface area contributed by atoms with Crippen molar-refractivity contribution in [1.29, 1.82) is 0 Å². The van der Waals surface area contributed by atoms with Crippen molar-refractivity contribution in [3.05, 3.63) is 40.3 Å². The molecular formula is C24H41N3O6Si. The standard InChI is InChI=1S/C24H41N3O6Si/c1-7-8-13-32-23-21(26-27-25)19(14-24(2,3)34(5,6)29)33-20(22(23)28)16-31-15-17-9-11-18(30-4)12-10-17/h9-12,19-23,28-29H,7-8,13-16H2,1-6H3/t19-,20?,21+,22+,23?/m0/s1. The van der Waals surface area contributed by atoms with Crippen LogP contribution in [0.15, 0.2) is 29.4 Å². The Morgan fingerprint density at radius 1 is 1.21 bits per heavy atom. The molecule has 1 saturated heterocycles. The number of ether oxygens (including phenoxy) is 4. The van der Waals surface area contributed by atoms with Gasteiger partial charge in [0.05, 0.1) is 38.6 Å². The maximum atomic E-state index is 11.1. The Balaban J connectivity index is 2.18. The van der Waals surface area contributed by atoms with Gasteiger partial charge in [0.2, 0.25) is 0 Å². The van der Waals surface area contributed by atoms with Gasteiger partial charge in [-0.25, -0.2) is 0 Å². The van der Waals surface area contributed by atoms with Gasteiger partial charge >= 0.3 is 0 Å². The zero-order valence-electron chi connectivity index (χ0n) is 21.3. The summed E-state index contributed by atoms with van der Waals surface area (Å²) in [5.74, 6) is 0.770. The molecule has 1 aromatic rings. The molecule has 0 saturated carbocycles. The van der Waals surface area contributed by atoms with Crippen LogP contribution in [0.3, 0.4) is 0 Å². The summed E-state index contributed by atoms with van der Waals surface area (Å²) in [5.41, 5.74) is 10.2. The van der Waals surface area contributed by atoms with Crippen LogP contribution in [0, 0.1) is 0 Å². The normalized spacial score (nSPS) is 25.6. The highest BCUT2D eigenvalue weighted by atomic mass is 28.4. The van der Waals surface area contributed by atoms with E-state index >= 15 is 0 Å². The van der Waals surface area contributed by atoms with Crippen LogP contribution in [0.5, 0.6) is 5.75 Å². The molecule has 0 bridgehead atoms. The Kier molecular flexibility index (Phi) is 10.8. The van der Waals surface area contributed by atoms with Gasteiger partial charge in [0, 0.05) is 11.5 Å². The van der Waals surface area contributed by atoms with Crippen molar-refractivity contribution in [2.24, 2.45) is 5.11 Å². The summed E-state index contributed by atoms with van der Waals surface area (Å²) in [7, 11) is -0.931. The number of rotatable bonds is 13. The lowest BCUT2D eigenvalue weighted by Crippen LogP contribution is -2.60. The monoisotopic (exact) mass is 495 g/mol. The summed E-state index contributed by atoms with van der Waals surface area (Å²) in [4.78, 5) is 13.8. The van der Waals surface area contributed by atoms with E-state index in [4.69, 9.17) is 18.9 Å². The largest absolute Gasteiger partial charge is 0.497 e. The fraction of sp³-hybridized carbons (Fsp3) is 0.750. The molecule has 192 valence electrons. The van der Waals surface area contributed by atoms with Crippen LogP contribution < -0.4 is 4.74 Å². The zero-order chi connectivity index (χ0) is 25.4. The summed E-state index contributed by atoms with van der Waals surface area (Å²) >= 11 is 0. The van der Waals surface area contributed by atoms with E-state index in [1.54, 1.807) is 7.11 Å². The first-order chi connectivity index (χ1) is 16.0. The molecule has 0 radical (unpaired) electrons. The maximum Gasteiger partial charge on any atom is 0.188 e. The van der Waals surface area contributed by atoms with Crippen LogP contribution in [0.1, 0.15) is 45.6 Å². The van der Waals surface area contributed by atoms with E-state index in [0.717, 1.165) is 24.2 Å². The topological polar surface area (TPSA) is 126 Å². The van der Waals surface area contributed by atoms with Crippen LogP contribution >= 0.6 is 0 Å². The van der Waals surface area contributed by atoms with Crippen molar-refractivity contribution in [1.82, 2.24) is 0 Å². The van der Waals surface area contributed by atoms with Crippen molar-refractivity contribution in [3.63, 3.8) is 0 Å². The van der Waals surface area contributed by atoms with Gasteiger partial charge in [-0.05, 0) is 54.2 Å². The molecule has 34 heavy (non-hydrogen) atoms. The number of unbranched alkanes of at least 4 members (excludes halogenated alkanes) is 1. The fourth-order valence-electron chi connectivity index (χ4n) is 3.85. The molecule has 1 fully saturated rings. The molecule has 1 heterocycles. The zero-order valence-corrected chi connectivity index (χ0v) is 22.3. The van der Waals surface area contributed by atoms with Gasteiger partial charge in [0.25, 0.3) is 0 Å². The van der Waals surface area contributed by atoms with Crippen LogP contribution in [0.2, 0.25) is 18.1 Å². The lowest BCUT2D eigenvalue weighted by atomic mass is 9.88. The van der Waals surface area contributed by atoms with Gasteiger partial charge in [0.15, 0.2) is 8.32 Å². The third-order valence-electron chi connectivity index (χ3n) is 6.86. The molecule has 2 unspecified atom stereocenters. The molecule has 10 heteroatoms. The van der Waals surface area contributed by atoms with Crippen LogP contribution in [0.4, 0.5) is 0 Å². The minimum Gasteiger partial charge on any atom is -0.497 e. The first-order valence-electron chi connectivity index (χ1n) is 12.0. The Morgan fingerprint density at radius 2 is 1.88 bits per heavy atom. The van der Waals surface area contributed by atoms with E-state index in [1.807, 2.05) is 51.2 Å². The number of nitrogens with zero attached hydrogens (tertiary/aromatic N) is 3. The van der Waals surface area contributed by atoms with Gasteiger partial charge in [-0.15, -0.1) is 0 Å². The van der Waals surface area contributed by atoms with Crippen LogP contribution in [-0.2, 0) is 20.8 Å². The molecule has 2 N–H and O–H groups in total. The number of aliphatic hydroxyl groups excluding tert-OH is 1.